The number of nitrogens with zero attached hydrogens (tertiary/aromatic N) is 6. The third-order valence-electron chi connectivity index (χ3n) is 5.52. The topological polar surface area (TPSA) is 78.2 Å². The number of pyridine rings is 1. The molecular formula is C23H24N6O2. The quantitative estimate of drug-likeness (QED) is 0.495. The summed E-state index contributed by atoms with van der Waals surface area (Å²) >= 11 is 0. The highest BCUT2D eigenvalue weighted by Gasteiger charge is 2.15. The number of aromatic nitrogens is 5. The Kier molecular flexibility index (Phi) is 5.21. The van der Waals surface area contributed by atoms with Crippen molar-refractivity contribution in [2.24, 2.45) is 0 Å². The summed E-state index contributed by atoms with van der Waals surface area (Å²) in [7, 11) is 1.67. The fourth-order valence-electron chi connectivity index (χ4n) is 3.81. The molecule has 0 amide bonds. The molecule has 0 bridgehead atoms. The molecule has 0 saturated carbocycles. The van der Waals surface area contributed by atoms with Crippen LogP contribution in [0.2, 0.25) is 0 Å². The minimum absolute atomic E-state index is 0.646. The maximum absolute atomic E-state index is 5.44. The van der Waals surface area contributed by atoms with Crippen LogP contribution in [0.15, 0.2) is 48.9 Å². The number of methoxy groups -OCH3 is 1. The molecule has 1 saturated heterocycles. The summed E-state index contributed by atoms with van der Waals surface area (Å²) in [6, 6.07) is 10.1. The lowest BCUT2D eigenvalue weighted by molar-refractivity contribution is 0.122. The molecule has 0 aliphatic carbocycles. The zero-order chi connectivity index (χ0) is 21.2. The SMILES string of the molecule is COc1ccc(Cn2nc(C)c3cc(-c4cncc(N5CCOCC5)n4)cnc32)cc1. The van der Waals surface area contributed by atoms with Gasteiger partial charge in [-0.25, -0.2) is 14.6 Å². The molecule has 0 N–H and O–H groups in total. The van der Waals surface area contributed by atoms with Crippen LogP contribution in [-0.2, 0) is 11.3 Å². The van der Waals surface area contributed by atoms with Gasteiger partial charge in [-0.1, -0.05) is 12.1 Å². The number of fused-ring (bicyclic) bond motifs is 1. The summed E-state index contributed by atoms with van der Waals surface area (Å²) in [5.74, 6) is 1.71. The standard InChI is InChI=1S/C23H24N6O2/c1-16-20-11-18(21-13-24-14-22(26-21)28-7-9-31-10-8-28)12-25-23(20)29(27-16)15-17-3-5-19(30-2)6-4-17/h3-6,11-14H,7-10,15H2,1-2H3. The summed E-state index contributed by atoms with van der Waals surface area (Å²) in [6.07, 6.45) is 5.43. The first-order chi connectivity index (χ1) is 15.2. The van der Waals surface area contributed by atoms with Gasteiger partial charge in [-0.2, -0.15) is 5.10 Å². The molecule has 0 unspecified atom stereocenters. The Morgan fingerprint density at radius 3 is 2.65 bits per heavy atom. The van der Waals surface area contributed by atoms with Crippen molar-refractivity contribution in [1.82, 2.24) is 24.7 Å². The number of hydrogen-bond acceptors (Lipinski definition) is 7. The average molecular weight is 416 g/mol. The van der Waals surface area contributed by atoms with Gasteiger partial charge in [0.15, 0.2) is 5.65 Å². The largest absolute Gasteiger partial charge is 0.497 e. The first-order valence-electron chi connectivity index (χ1n) is 10.3. The summed E-state index contributed by atoms with van der Waals surface area (Å²) in [5, 5.41) is 5.74. The van der Waals surface area contributed by atoms with Gasteiger partial charge in [0.1, 0.15) is 11.6 Å². The van der Waals surface area contributed by atoms with Crippen molar-refractivity contribution in [2.45, 2.75) is 13.5 Å². The lowest BCUT2D eigenvalue weighted by atomic mass is 10.1. The number of anilines is 1. The van der Waals surface area contributed by atoms with Gasteiger partial charge in [0, 0.05) is 30.2 Å². The van der Waals surface area contributed by atoms with Crippen molar-refractivity contribution in [3.05, 3.63) is 60.2 Å². The second-order valence-electron chi connectivity index (χ2n) is 7.55. The van der Waals surface area contributed by atoms with E-state index in [-0.39, 0.29) is 0 Å². The maximum Gasteiger partial charge on any atom is 0.158 e. The zero-order valence-corrected chi connectivity index (χ0v) is 17.7. The predicted octanol–water partition coefficient (Wildman–Crippen LogP) is 3.09. The second-order valence-corrected chi connectivity index (χ2v) is 7.55. The van der Waals surface area contributed by atoms with Gasteiger partial charge in [0.2, 0.25) is 0 Å². The third kappa shape index (κ3) is 3.94. The van der Waals surface area contributed by atoms with Gasteiger partial charge in [0.05, 0.1) is 50.6 Å². The van der Waals surface area contributed by atoms with Gasteiger partial charge in [0.25, 0.3) is 0 Å². The number of rotatable bonds is 5. The third-order valence-corrected chi connectivity index (χ3v) is 5.52. The fraction of sp³-hybridized carbons (Fsp3) is 0.304. The van der Waals surface area contributed by atoms with Crippen molar-refractivity contribution >= 4 is 16.9 Å². The highest BCUT2D eigenvalue weighted by atomic mass is 16.5. The van der Waals surface area contributed by atoms with E-state index in [1.165, 1.54) is 0 Å². The van der Waals surface area contributed by atoms with E-state index in [0.717, 1.165) is 58.2 Å². The smallest absolute Gasteiger partial charge is 0.158 e. The molecule has 158 valence electrons. The van der Waals surface area contributed by atoms with Crippen LogP contribution in [0, 0.1) is 6.92 Å². The molecule has 4 aromatic rings. The molecule has 8 nitrogen and oxygen atoms in total. The van der Waals surface area contributed by atoms with Crippen LogP contribution in [-0.4, -0.2) is 58.1 Å². The summed E-state index contributed by atoms with van der Waals surface area (Å²) in [4.78, 5) is 16.2. The van der Waals surface area contributed by atoms with E-state index in [4.69, 9.17) is 24.5 Å². The molecular weight excluding hydrogens is 392 g/mol. The van der Waals surface area contributed by atoms with Gasteiger partial charge in [-0.05, 0) is 30.7 Å². The van der Waals surface area contributed by atoms with Gasteiger partial charge in [-0.15, -0.1) is 0 Å². The summed E-state index contributed by atoms with van der Waals surface area (Å²) < 4.78 is 12.6. The van der Waals surface area contributed by atoms with Gasteiger partial charge >= 0.3 is 0 Å². The number of morpholine rings is 1. The lowest BCUT2D eigenvalue weighted by Gasteiger charge is -2.27. The number of benzene rings is 1. The lowest BCUT2D eigenvalue weighted by Crippen LogP contribution is -2.36. The zero-order valence-electron chi connectivity index (χ0n) is 17.7. The van der Waals surface area contributed by atoms with E-state index in [1.54, 1.807) is 19.5 Å². The van der Waals surface area contributed by atoms with E-state index < -0.39 is 0 Å². The molecule has 0 spiro atoms. The molecule has 4 heterocycles. The molecule has 1 aromatic carbocycles. The Labute approximate surface area is 180 Å². The highest BCUT2D eigenvalue weighted by molar-refractivity contribution is 5.83. The molecule has 0 radical (unpaired) electrons. The number of aryl methyl sites for hydroxylation is 1. The normalized spacial score (nSPS) is 14.2. The van der Waals surface area contributed by atoms with Crippen molar-refractivity contribution in [3.63, 3.8) is 0 Å². The Hall–Kier alpha value is -3.52. The number of hydrogen-bond donors (Lipinski definition) is 0. The fourth-order valence-corrected chi connectivity index (χ4v) is 3.81. The van der Waals surface area contributed by atoms with Gasteiger partial charge in [-0.3, -0.25) is 4.98 Å². The minimum atomic E-state index is 0.646. The first kappa shape index (κ1) is 19.4. The van der Waals surface area contributed by atoms with E-state index in [2.05, 4.69) is 16.0 Å². The molecule has 1 fully saturated rings. The van der Waals surface area contributed by atoms with Crippen LogP contribution in [0.1, 0.15) is 11.3 Å². The predicted molar refractivity (Wildman–Crippen MR) is 118 cm³/mol. The highest BCUT2D eigenvalue weighted by Crippen LogP contribution is 2.25. The van der Waals surface area contributed by atoms with E-state index in [0.29, 0.717) is 19.8 Å². The van der Waals surface area contributed by atoms with E-state index >= 15 is 0 Å². The molecule has 1 aliphatic rings. The summed E-state index contributed by atoms with van der Waals surface area (Å²) in [6.45, 7) is 5.73. The molecule has 31 heavy (non-hydrogen) atoms. The van der Waals surface area contributed by atoms with E-state index in [9.17, 15) is 0 Å². The number of ether oxygens (including phenoxy) is 2. The van der Waals surface area contributed by atoms with Crippen molar-refractivity contribution < 1.29 is 9.47 Å². The van der Waals surface area contributed by atoms with Crippen LogP contribution in [0.4, 0.5) is 5.82 Å². The molecule has 0 atom stereocenters. The van der Waals surface area contributed by atoms with Crippen LogP contribution < -0.4 is 9.64 Å². The van der Waals surface area contributed by atoms with Crippen LogP contribution in [0.3, 0.4) is 0 Å². The van der Waals surface area contributed by atoms with Crippen molar-refractivity contribution in [2.75, 3.05) is 38.3 Å². The monoisotopic (exact) mass is 416 g/mol. The van der Waals surface area contributed by atoms with Crippen LogP contribution in [0.25, 0.3) is 22.3 Å². The minimum Gasteiger partial charge on any atom is -0.497 e. The van der Waals surface area contributed by atoms with Crippen LogP contribution in [0.5, 0.6) is 5.75 Å². The first-order valence-corrected chi connectivity index (χ1v) is 10.3. The molecule has 8 heteroatoms. The van der Waals surface area contributed by atoms with E-state index in [1.807, 2.05) is 42.1 Å². The Morgan fingerprint density at radius 1 is 1.06 bits per heavy atom. The average Bonchev–Trinajstić information content (AvgIpc) is 3.14. The van der Waals surface area contributed by atoms with Crippen molar-refractivity contribution in [1.29, 1.82) is 0 Å². The molecule has 1 aliphatic heterocycles. The van der Waals surface area contributed by atoms with Crippen molar-refractivity contribution in [3.8, 4) is 17.0 Å². The second kappa shape index (κ2) is 8.31. The summed E-state index contributed by atoms with van der Waals surface area (Å²) in [5.41, 5.74) is 4.67. The maximum atomic E-state index is 5.44. The molecule has 5 rings (SSSR count). The van der Waals surface area contributed by atoms with Gasteiger partial charge < -0.3 is 14.4 Å². The Balaban J connectivity index is 1.45. The van der Waals surface area contributed by atoms with Crippen LogP contribution >= 0.6 is 0 Å². The molecule has 3 aromatic heterocycles. The Bertz CT molecular complexity index is 1200. The Morgan fingerprint density at radius 2 is 1.87 bits per heavy atom.